The number of aromatic amines is 1. The molecule has 0 bridgehead atoms. The van der Waals surface area contributed by atoms with Gasteiger partial charge in [0.05, 0.1) is 6.33 Å². The summed E-state index contributed by atoms with van der Waals surface area (Å²) in [7, 11) is 0. The molecule has 0 aliphatic heterocycles. The summed E-state index contributed by atoms with van der Waals surface area (Å²) >= 11 is 1.69. The molecule has 2 aromatic carbocycles. The third-order valence-electron chi connectivity index (χ3n) is 4.65. The number of H-pyrrole nitrogens is 1. The van der Waals surface area contributed by atoms with Gasteiger partial charge >= 0.3 is 0 Å². The Morgan fingerprint density at radius 2 is 1.89 bits per heavy atom. The van der Waals surface area contributed by atoms with Crippen LogP contribution in [-0.4, -0.2) is 31.6 Å². The summed E-state index contributed by atoms with van der Waals surface area (Å²) in [5.74, 6) is 1.69. The van der Waals surface area contributed by atoms with Gasteiger partial charge in [0.2, 0.25) is 0 Å². The predicted octanol–water partition coefficient (Wildman–Crippen LogP) is 4.59. The van der Waals surface area contributed by atoms with E-state index in [1.165, 1.54) is 4.70 Å². The zero-order chi connectivity index (χ0) is 18.9. The Morgan fingerprint density at radius 1 is 1.04 bits per heavy atom. The second kappa shape index (κ2) is 6.94. The van der Waals surface area contributed by atoms with Crippen LogP contribution in [-0.2, 0) is 6.42 Å². The Bertz CT molecular complexity index is 1260. The van der Waals surface area contributed by atoms with Crippen LogP contribution in [0.5, 0.6) is 5.75 Å². The summed E-state index contributed by atoms with van der Waals surface area (Å²) in [4.78, 5) is 16.9. The fourth-order valence-electron chi connectivity index (χ4n) is 3.22. The third kappa shape index (κ3) is 3.05. The number of benzene rings is 2. The number of nitrogens with zero attached hydrogens (tertiary/aromatic N) is 3. The van der Waals surface area contributed by atoms with Crippen LogP contribution in [0.25, 0.3) is 32.6 Å². The van der Waals surface area contributed by atoms with Crippen molar-refractivity contribution in [2.45, 2.75) is 6.42 Å². The molecular formula is C21H17N5OS. The summed E-state index contributed by atoms with van der Waals surface area (Å²) < 4.78 is 1.21. The van der Waals surface area contributed by atoms with Crippen molar-refractivity contribution in [2.75, 3.05) is 11.9 Å². The molecule has 0 atom stereocenters. The molecule has 5 rings (SSSR count). The number of nitrogens with one attached hydrogen (secondary N) is 2. The van der Waals surface area contributed by atoms with Gasteiger partial charge in [-0.1, -0.05) is 30.3 Å². The molecule has 0 radical (unpaired) electrons. The fourth-order valence-corrected chi connectivity index (χ4v) is 4.16. The molecule has 0 unspecified atom stereocenters. The zero-order valence-electron chi connectivity index (χ0n) is 14.9. The minimum atomic E-state index is 0.277. The van der Waals surface area contributed by atoms with Crippen molar-refractivity contribution in [3.63, 3.8) is 0 Å². The van der Waals surface area contributed by atoms with Crippen LogP contribution < -0.4 is 5.32 Å². The first-order valence-electron chi connectivity index (χ1n) is 8.97. The quantitative estimate of drug-likeness (QED) is 0.410. The number of thiophene rings is 1. The van der Waals surface area contributed by atoms with Gasteiger partial charge in [-0.15, -0.1) is 11.3 Å². The first-order valence-corrected chi connectivity index (χ1v) is 9.85. The highest BCUT2D eigenvalue weighted by atomic mass is 32.1. The Morgan fingerprint density at radius 3 is 2.79 bits per heavy atom. The van der Waals surface area contributed by atoms with Crippen LogP contribution in [0.2, 0.25) is 0 Å². The Hall–Kier alpha value is -3.45. The summed E-state index contributed by atoms with van der Waals surface area (Å²) in [6.45, 7) is 0.708. The van der Waals surface area contributed by atoms with E-state index in [1.807, 2.05) is 24.3 Å². The molecule has 28 heavy (non-hydrogen) atoms. The van der Waals surface area contributed by atoms with Crippen molar-refractivity contribution in [2.24, 2.45) is 0 Å². The van der Waals surface area contributed by atoms with Crippen LogP contribution in [0.1, 0.15) is 5.56 Å². The van der Waals surface area contributed by atoms with Crippen molar-refractivity contribution in [3.05, 3.63) is 65.8 Å². The third-order valence-corrected chi connectivity index (χ3v) is 5.61. The summed E-state index contributed by atoms with van der Waals surface area (Å²) in [5.41, 5.74) is 3.61. The van der Waals surface area contributed by atoms with Crippen molar-refractivity contribution in [3.8, 4) is 17.1 Å². The number of rotatable bonds is 5. The van der Waals surface area contributed by atoms with E-state index in [2.05, 4.69) is 37.8 Å². The van der Waals surface area contributed by atoms with Crippen LogP contribution in [0, 0.1) is 0 Å². The van der Waals surface area contributed by atoms with Crippen LogP contribution in [0.4, 0.5) is 5.82 Å². The van der Waals surface area contributed by atoms with Gasteiger partial charge in [-0.05, 0) is 30.2 Å². The van der Waals surface area contributed by atoms with E-state index in [-0.39, 0.29) is 5.75 Å². The summed E-state index contributed by atoms with van der Waals surface area (Å²) in [6.07, 6.45) is 2.45. The lowest BCUT2D eigenvalue weighted by molar-refractivity contribution is 0.475. The van der Waals surface area contributed by atoms with E-state index < -0.39 is 0 Å². The number of imidazole rings is 1. The molecule has 0 spiro atoms. The van der Waals surface area contributed by atoms with Gasteiger partial charge in [-0.3, -0.25) is 0 Å². The van der Waals surface area contributed by atoms with E-state index >= 15 is 0 Å². The first kappa shape index (κ1) is 16.7. The number of phenols is 1. The monoisotopic (exact) mass is 387 g/mol. The van der Waals surface area contributed by atoms with Crippen LogP contribution in [0.15, 0.2) is 60.2 Å². The molecule has 6 nitrogen and oxygen atoms in total. The minimum Gasteiger partial charge on any atom is -0.508 e. The Labute approximate surface area is 164 Å². The number of hydrogen-bond acceptors (Lipinski definition) is 6. The van der Waals surface area contributed by atoms with Gasteiger partial charge in [0.1, 0.15) is 11.3 Å². The largest absolute Gasteiger partial charge is 0.508 e. The first-order chi connectivity index (χ1) is 13.8. The minimum absolute atomic E-state index is 0.277. The standard InChI is InChI=1S/C21H17N5OS/c27-14-7-5-13(6-8-14)9-10-22-20-18-21(24-12-23-18)26-19(25-20)16-11-28-17-4-2-1-3-15(16)17/h1-8,11-12,27H,9-10H2,(H2,22,23,24,25,26). The maximum Gasteiger partial charge on any atom is 0.183 e. The highest BCUT2D eigenvalue weighted by molar-refractivity contribution is 7.17. The van der Waals surface area contributed by atoms with Gasteiger partial charge in [0, 0.05) is 27.6 Å². The van der Waals surface area contributed by atoms with Crippen LogP contribution >= 0.6 is 11.3 Å². The number of aromatic nitrogens is 4. The second-order valence-corrected chi connectivity index (χ2v) is 7.40. The Balaban J connectivity index is 1.46. The molecular weight excluding hydrogens is 370 g/mol. The van der Waals surface area contributed by atoms with E-state index in [1.54, 1.807) is 29.8 Å². The van der Waals surface area contributed by atoms with E-state index in [0.29, 0.717) is 18.0 Å². The highest BCUT2D eigenvalue weighted by Crippen LogP contribution is 2.33. The second-order valence-electron chi connectivity index (χ2n) is 6.49. The van der Waals surface area contributed by atoms with Gasteiger partial charge < -0.3 is 15.4 Å². The molecule has 0 saturated heterocycles. The SMILES string of the molecule is Oc1ccc(CCNc2nc(-c3csc4ccccc34)nc3nc[nH]c23)cc1. The van der Waals surface area contributed by atoms with E-state index in [9.17, 15) is 5.11 Å². The maximum absolute atomic E-state index is 9.41. The molecule has 0 fully saturated rings. The van der Waals surface area contributed by atoms with Crippen molar-refractivity contribution >= 4 is 38.4 Å². The van der Waals surface area contributed by atoms with Gasteiger partial charge in [0.15, 0.2) is 17.3 Å². The number of hydrogen-bond donors (Lipinski definition) is 3. The van der Waals surface area contributed by atoms with E-state index in [4.69, 9.17) is 4.98 Å². The predicted molar refractivity (Wildman–Crippen MR) is 113 cm³/mol. The number of phenolic OH excluding ortho intramolecular Hbond substituents is 1. The van der Waals surface area contributed by atoms with Crippen molar-refractivity contribution in [1.29, 1.82) is 0 Å². The Kier molecular flexibility index (Phi) is 4.14. The zero-order valence-corrected chi connectivity index (χ0v) is 15.7. The molecule has 0 saturated carbocycles. The molecule has 5 aromatic rings. The molecule has 138 valence electrons. The maximum atomic E-state index is 9.41. The smallest absolute Gasteiger partial charge is 0.183 e. The lowest BCUT2D eigenvalue weighted by Gasteiger charge is -2.08. The molecule has 0 amide bonds. The van der Waals surface area contributed by atoms with Gasteiger partial charge in [0.25, 0.3) is 0 Å². The van der Waals surface area contributed by atoms with Crippen molar-refractivity contribution in [1.82, 2.24) is 19.9 Å². The number of aromatic hydroxyl groups is 1. The van der Waals surface area contributed by atoms with Gasteiger partial charge in [-0.25, -0.2) is 15.0 Å². The fraction of sp³-hybridized carbons (Fsp3) is 0.0952. The topological polar surface area (TPSA) is 86.7 Å². The average molecular weight is 387 g/mol. The van der Waals surface area contributed by atoms with Gasteiger partial charge in [-0.2, -0.15) is 0 Å². The summed E-state index contributed by atoms with van der Waals surface area (Å²) in [5, 5.41) is 16.1. The van der Waals surface area contributed by atoms with Crippen LogP contribution in [0.3, 0.4) is 0 Å². The summed E-state index contributed by atoms with van der Waals surface area (Å²) in [6, 6.07) is 15.5. The van der Waals surface area contributed by atoms with E-state index in [0.717, 1.165) is 34.3 Å². The molecule has 7 heteroatoms. The number of anilines is 1. The molecule has 3 heterocycles. The molecule has 0 aliphatic rings. The lowest BCUT2D eigenvalue weighted by atomic mass is 10.1. The molecule has 0 aliphatic carbocycles. The lowest BCUT2D eigenvalue weighted by Crippen LogP contribution is -2.08. The highest BCUT2D eigenvalue weighted by Gasteiger charge is 2.14. The average Bonchev–Trinajstić information content (AvgIpc) is 3.36. The molecule has 3 aromatic heterocycles. The normalized spacial score (nSPS) is 11.3. The number of fused-ring (bicyclic) bond motifs is 2. The van der Waals surface area contributed by atoms with Crippen molar-refractivity contribution < 1.29 is 5.11 Å². The molecule has 3 N–H and O–H groups in total.